The second-order valence-corrected chi connectivity index (χ2v) is 4.78. The SMILES string of the molecule is CC(=O)Nc1cccc2c1C(=O)C(OC(C)C)=CC2=O. The normalized spacial score (nSPS) is 13.9. The van der Waals surface area contributed by atoms with Gasteiger partial charge in [-0.05, 0) is 19.9 Å². The molecule has 0 aliphatic heterocycles. The van der Waals surface area contributed by atoms with Crippen molar-refractivity contribution in [3.63, 3.8) is 0 Å². The molecule has 104 valence electrons. The van der Waals surface area contributed by atoms with Gasteiger partial charge in [-0.2, -0.15) is 0 Å². The molecule has 1 N–H and O–H groups in total. The average Bonchev–Trinajstić information content (AvgIpc) is 2.34. The molecule has 1 aliphatic carbocycles. The zero-order chi connectivity index (χ0) is 14.9. The van der Waals surface area contributed by atoms with Crippen molar-refractivity contribution in [1.29, 1.82) is 0 Å². The van der Waals surface area contributed by atoms with E-state index in [1.165, 1.54) is 13.0 Å². The van der Waals surface area contributed by atoms with E-state index in [0.717, 1.165) is 0 Å². The number of fused-ring (bicyclic) bond motifs is 1. The van der Waals surface area contributed by atoms with Crippen molar-refractivity contribution in [3.05, 3.63) is 41.2 Å². The molecule has 1 aromatic rings. The lowest BCUT2D eigenvalue weighted by atomic mass is 9.92. The third-order valence-electron chi connectivity index (χ3n) is 2.72. The lowest BCUT2D eigenvalue weighted by Gasteiger charge is -2.20. The Bertz CT molecular complexity index is 629. The highest BCUT2D eigenvalue weighted by atomic mass is 16.5. The number of ether oxygens (including phenoxy) is 1. The number of carbonyl (C=O) groups excluding carboxylic acids is 3. The highest BCUT2D eigenvalue weighted by Crippen LogP contribution is 2.29. The molecule has 2 rings (SSSR count). The number of rotatable bonds is 3. The molecule has 0 fully saturated rings. The quantitative estimate of drug-likeness (QED) is 0.917. The zero-order valence-corrected chi connectivity index (χ0v) is 11.5. The molecule has 0 spiro atoms. The Morgan fingerprint density at radius 2 is 1.95 bits per heavy atom. The van der Waals surface area contributed by atoms with Gasteiger partial charge < -0.3 is 10.1 Å². The van der Waals surface area contributed by atoms with Crippen LogP contribution in [0.5, 0.6) is 0 Å². The largest absolute Gasteiger partial charge is 0.487 e. The Balaban J connectivity index is 2.51. The molecule has 1 aromatic carbocycles. The summed E-state index contributed by atoms with van der Waals surface area (Å²) in [5.41, 5.74) is 0.787. The molecule has 0 unspecified atom stereocenters. The number of nitrogens with one attached hydrogen (secondary N) is 1. The average molecular weight is 273 g/mol. The summed E-state index contributed by atoms with van der Waals surface area (Å²) in [4.78, 5) is 35.6. The Labute approximate surface area is 116 Å². The summed E-state index contributed by atoms with van der Waals surface area (Å²) in [7, 11) is 0. The van der Waals surface area contributed by atoms with Gasteiger partial charge in [-0.1, -0.05) is 12.1 Å². The first kappa shape index (κ1) is 14.0. The van der Waals surface area contributed by atoms with Crippen molar-refractivity contribution in [2.45, 2.75) is 26.9 Å². The maximum Gasteiger partial charge on any atom is 0.230 e. The monoisotopic (exact) mass is 273 g/mol. The van der Waals surface area contributed by atoms with Gasteiger partial charge >= 0.3 is 0 Å². The Morgan fingerprint density at radius 1 is 1.25 bits per heavy atom. The molecular formula is C15H15NO4. The van der Waals surface area contributed by atoms with Gasteiger partial charge in [0.15, 0.2) is 11.5 Å². The number of carbonyl (C=O) groups is 3. The lowest BCUT2D eigenvalue weighted by molar-refractivity contribution is -0.114. The second-order valence-electron chi connectivity index (χ2n) is 4.78. The number of allylic oxidation sites excluding steroid dienone is 2. The molecule has 0 atom stereocenters. The second kappa shape index (κ2) is 5.28. The minimum atomic E-state index is -0.391. The maximum atomic E-state index is 12.4. The van der Waals surface area contributed by atoms with Crippen LogP contribution >= 0.6 is 0 Å². The molecule has 0 radical (unpaired) electrons. The standard InChI is InChI=1S/C15H15NO4/c1-8(2)20-13-7-12(18)10-5-4-6-11(16-9(3)17)14(10)15(13)19/h4-8H,1-3H3,(H,16,17). The van der Waals surface area contributed by atoms with E-state index in [1.807, 2.05) is 0 Å². The van der Waals surface area contributed by atoms with Crippen LogP contribution < -0.4 is 5.32 Å². The van der Waals surface area contributed by atoms with Gasteiger partial charge in [0.2, 0.25) is 11.7 Å². The van der Waals surface area contributed by atoms with Crippen molar-refractivity contribution in [2.75, 3.05) is 5.32 Å². The van der Waals surface area contributed by atoms with Crippen LogP contribution in [0.1, 0.15) is 41.5 Å². The summed E-state index contributed by atoms with van der Waals surface area (Å²) >= 11 is 0. The Kier molecular flexibility index (Phi) is 3.70. The van der Waals surface area contributed by atoms with Gasteiger partial charge in [-0.3, -0.25) is 14.4 Å². The number of hydrogen-bond donors (Lipinski definition) is 1. The van der Waals surface area contributed by atoms with Gasteiger partial charge in [0, 0.05) is 18.6 Å². The number of amides is 1. The van der Waals surface area contributed by atoms with E-state index in [9.17, 15) is 14.4 Å². The van der Waals surface area contributed by atoms with Gasteiger partial charge in [-0.15, -0.1) is 0 Å². The lowest BCUT2D eigenvalue weighted by Crippen LogP contribution is -2.23. The number of benzene rings is 1. The number of hydrogen-bond acceptors (Lipinski definition) is 4. The summed E-state index contributed by atoms with van der Waals surface area (Å²) in [5, 5.41) is 2.56. The van der Waals surface area contributed by atoms with E-state index < -0.39 is 5.78 Å². The molecule has 0 heterocycles. The van der Waals surface area contributed by atoms with E-state index in [0.29, 0.717) is 5.69 Å². The number of anilines is 1. The smallest absolute Gasteiger partial charge is 0.230 e. The molecule has 5 heteroatoms. The predicted molar refractivity (Wildman–Crippen MR) is 73.7 cm³/mol. The van der Waals surface area contributed by atoms with Crippen LogP contribution in [-0.2, 0) is 9.53 Å². The molecule has 20 heavy (non-hydrogen) atoms. The third kappa shape index (κ3) is 2.61. The van der Waals surface area contributed by atoms with Crippen molar-refractivity contribution in [3.8, 4) is 0 Å². The molecule has 5 nitrogen and oxygen atoms in total. The van der Waals surface area contributed by atoms with Crippen LogP contribution in [-0.4, -0.2) is 23.6 Å². The van der Waals surface area contributed by atoms with E-state index in [2.05, 4.69) is 5.32 Å². The molecule has 1 aliphatic rings. The first-order valence-electron chi connectivity index (χ1n) is 6.28. The fourth-order valence-electron chi connectivity index (χ4n) is 2.02. The van der Waals surface area contributed by atoms with Crippen LogP contribution in [0.15, 0.2) is 30.0 Å². The third-order valence-corrected chi connectivity index (χ3v) is 2.72. The minimum absolute atomic E-state index is 0.00954. The molecule has 0 aromatic heterocycles. The molecule has 0 saturated heterocycles. The highest BCUT2D eigenvalue weighted by molar-refractivity contribution is 6.26. The number of ketones is 2. The summed E-state index contributed by atoms with van der Waals surface area (Å²) in [6.07, 6.45) is 0.981. The van der Waals surface area contributed by atoms with Gasteiger partial charge in [-0.25, -0.2) is 0 Å². The van der Waals surface area contributed by atoms with E-state index in [-0.39, 0.29) is 34.7 Å². The molecule has 1 amide bonds. The van der Waals surface area contributed by atoms with Crippen LogP contribution in [0.2, 0.25) is 0 Å². The summed E-state index contributed by atoms with van der Waals surface area (Å²) in [5.74, 6) is -0.991. The zero-order valence-electron chi connectivity index (χ0n) is 11.5. The summed E-state index contributed by atoms with van der Waals surface area (Å²) in [6.45, 7) is 4.89. The van der Waals surface area contributed by atoms with Gasteiger partial charge in [0.1, 0.15) is 0 Å². The van der Waals surface area contributed by atoms with Crippen LogP contribution in [0.3, 0.4) is 0 Å². The molecular weight excluding hydrogens is 258 g/mol. The Hall–Kier alpha value is -2.43. The van der Waals surface area contributed by atoms with Crippen LogP contribution in [0, 0.1) is 0 Å². The molecule has 0 bridgehead atoms. The minimum Gasteiger partial charge on any atom is -0.487 e. The first-order valence-corrected chi connectivity index (χ1v) is 6.28. The van der Waals surface area contributed by atoms with Crippen molar-refractivity contribution in [2.24, 2.45) is 0 Å². The topological polar surface area (TPSA) is 72.5 Å². The Morgan fingerprint density at radius 3 is 2.55 bits per heavy atom. The van der Waals surface area contributed by atoms with Gasteiger partial charge in [0.25, 0.3) is 0 Å². The van der Waals surface area contributed by atoms with E-state index in [1.54, 1.807) is 32.0 Å². The van der Waals surface area contributed by atoms with Crippen LogP contribution in [0.25, 0.3) is 0 Å². The fourth-order valence-corrected chi connectivity index (χ4v) is 2.02. The fraction of sp³-hybridized carbons (Fsp3) is 0.267. The summed E-state index contributed by atoms with van der Waals surface area (Å²) < 4.78 is 5.37. The van der Waals surface area contributed by atoms with Crippen molar-refractivity contribution < 1.29 is 19.1 Å². The van der Waals surface area contributed by atoms with Crippen molar-refractivity contribution in [1.82, 2.24) is 0 Å². The van der Waals surface area contributed by atoms with Crippen molar-refractivity contribution >= 4 is 23.2 Å². The van der Waals surface area contributed by atoms with E-state index in [4.69, 9.17) is 4.74 Å². The maximum absolute atomic E-state index is 12.4. The summed E-state index contributed by atoms with van der Waals surface area (Å²) in [6, 6.07) is 4.77. The van der Waals surface area contributed by atoms with Gasteiger partial charge in [0.05, 0.1) is 17.4 Å². The predicted octanol–water partition coefficient (Wildman–Crippen LogP) is 2.33. The number of Topliss-reactive ketones (excluding diaryl/α,β-unsaturated/α-hetero) is 1. The first-order chi connectivity index (χ1) is 9.40. The molecule has 0 saturated carbocycles. The van der Waals surface area contributed by atoms with E-state index >= 15 is 0 Å². The van der Waals surface area contributed by atoms with Crippen LogP contribution in [0.4, 0.5) is 5.69 Å². The highest BCUT2D eigenvalue weighted by Gasteiger charge is 2.30.